The molecule has 0 amide bonds. The van der Waals surface area contributed by atoms with Gasteiger partial charge < -0.3 is 14.2 Å². The molecule has 1 saturated carbocycles. The third-order valence-electron chi connectivity index (χ3n) is 5.43. The van der Waals surface area contributed by atoms with Gasteiger partial charge >= 0.3 is 0 Å². The van der Waals surface area contributed by atoms with Gasteiger partial charge in [0.25, 0.3) is 0 Å². The van der Waals surface area contributed by atoms with Gasteiger partial charge in [-0.05, 0) is 45.4 Å². The number of ether oxygens (including phenoxy) is 3. The highest BCUT2D eigenvalue weighted by Gasteiger charge is 2.31. The fourth-order valence-corrected chi connectivity index (χ4v) is 3.39. The van der Waals surface area contributed by atoms with Gasteiger partial charge in [-0.25, -0.2) is 0 Å². The summed E-state index contributed by atoms with van der Waals surface area (Å²) in [5.41, 5.74) is 0.334. The molecular weight excluding hydrogens is 340 g/mol. The molecule has 2 aliphatic rings. The van der Waals surface area contributed by atoms with Gasteiger partial charge in [0.1, 0.15) is 0 Å². The Kier molecular flexibility index (Phi) is 9.01. The van der Waals surface area contributed by atoms with E-state index in [1.165, 1.54) is 0 Å². The molecule has 27 heavy (non-hydrogen) atoms. The lowest BCUT2D eigenvalue weighted by molar-refractivity contribution is -0.107. The van der Waals surface area contributed by atoms with Crippen molar-refractivity contribution < 1.29 is 14.2 Å². The minimum Gasteiger partial charge on any atom is -0.378 e. The van der Waals surface area contributed by atoms with Crippen LogP contribution in [-0.2, 0) is 14.2 Å². The van der Waals surface area contributed by atoms with Crippen molar-refractivity contribution >= 4 is 0 Å². The predicted molar refractivity (Wildman–Crippen MR) is 111 cm³/mol. The van der Waals surface area contributed by atoms with Crippen LogP contribution in [0.1, 0.15) is 60.8 Å². The van der Waals surface area contributed by atoms with E-state index in [0.717, 1.165) is 78.4 Å². The van der Waals surface area contributed by atoms with Crippen LogP contribution in [0.15, 0.2) is 0 Å². The van der Waals surface area contributed by atoms with E-state index in [4.69, 9.17) is 14.2 Å². The van der Waals surface area contributed by atoms with Gasteiger partial charge in [0.15, 0.2) is 0 Å². The van der Waals surface area contributed by atoms with Gasteiger partial charge in [-0.15, -0.1) is 0 Å². The van der Waals surface area contributed by atoms with E-state index in [1.807, 2.05) is 0 Å². The highest BCUT2D eigenvalue weighted by molar-refractivity contribution is 4.82. The molecule has 1 heterocycles. The van der Waals surface area contributed by atoms with Crippen LogP contribution in [0.5, 0.6) is 0 Å². The number of hydrogen-bond acceptors (Lipinski definition) is 5. The number of rotatable bonds is 10. The minimum atomic E-state index is -0.0304. The Hall–Kier alpha value is -0.200. The molecule has 0 aromatic heterocycles. The predicted octanol–water partition coefficient (Wildman–Crippen LogP) is 3.42. The van der Waals surface area contributed by atoms with E-state index >= 15 is 0 Å². The first-order valence-corrected chi connectivity index (χ1v) is 10.9. The first kappa shape index (κ1) is 23.1. The van der Waals surface area contributed by atoms with Crippen molar-refractivity contribution in [1.82, 2.24) is 9.80 Å². The zero-order valence-electron chi connectivity index (χ0n) is 18.8. The molecule has 0 aromatic rings. The standard InChI is InChI=1S/C22H44N2O3/c1-21(2,3)7-14-25-19-17-20(18-19)26-15-12-23-8-10-24(11-9-23)13-16-27-22(4,5)6/h19-20H,7-18H2,1-6H3. The Balaban J connectivity index is 1.43. The highest BCUT2D eigenvalue weighted by atomic mass is 16.5. The van der Waals surface area contributed by atoms with Crippen molar-refractivity contribution in [2.75, 3.05) is 59.1 Å². The van der Waals surface area contributed by atoms with E-state index in [0.29, 0.717) is 17.6 Å². The van der Waals surface area contributed by atoms with Crippen molar-refractivity contribution in [3.05, 3.63) is 0 Å². The van der Waals surface area contributed by atoms with E-state index in [2.05, 4.69) is 51.3 Å². The lowest BCUT2D eigenvalue weighted by Gasteiger charge is -2.37. The maximum atomic E-state index is 6.03. The molecule has 0 bridgehead atoms. The SMILES string of the molecule is CC(C)(C)CCOC1CC(OCCN2CCN(CCOC(C)(C)C)CC2)C1. The molecule has 1 aliphatic heterocycles. The van der Waals surface area contributed by atoms with Crippen LogP contribution < -0.4 is 0 Å². The lowest BCUT2D eigenvalue weighted by atomic mass is 9.91. The van der Waals surface area contributed by atoms with Crippen molar-refractivity contribution in [1.29, 1.82) is 0 Å². The zero-order chi connectivity index (χ0) is 19.9. The van der Waals surface area contributed by atoms with Crippen LogP contribution in [0.2, 0.25) is 0 Å². The molecule has 2 fully saturated rings. The third kappa shape index (κ3) is 10.2. The number of hydrogen-bond donors (Lipinski definition) is 0. The average Bonchev–Trinajstić information content (AvgIpc) is 2.51. The summed E-state index contributed by atoms with van der Waals surface area (Å²) >= 11 is 0. The molecule has 0 aromatic carbocycles. The van der Waals surface area contributed by atoms with Gasteiger partial charge in [0, 0.05) is 45.9 Å². The fraction of sp³-hybridized carbons (Fsp3) is 1.00. The first-order chi connectivity index (χ1) is 12.6. The van der Waals surface area contributed by atoms with Crippen LogP contribution in [0.4, 0.5) is 0 Å². The largest absolute Gasteiger partial charge is 0.378 e. The van der Waals surface area contributed by atoms with Gasteiger partial charge in [0.05, 0.1) is 31.0 Å². The van der Waals surface area contributed by atoms with Crippen LogP contribution in [-0.4, -0.2) is 86.7 Å². The molecular formula is C22H44N2O3. The quantitative estimate of drug-likeness (QED) is 0.576. The third-order valence-corrected chi connectivity index (χ3v) is 5.43. The molecule has 0 unspecified atom stereocenters. The summed E-state index contributed by atoms with van der Waals surface area (Å²) in [6, 6.07) is 0. The van der Waals surface area contributed by atoms with Crippen LogP contribution in [0, 0.1) is 5.41 Å². The number of nitrogens with zero attached hydrogens (tertiary/aromatic N) is 2. The molecule has 1 aliphatic carbocycles. The summed E-state index contributed by atoms with van der Waals surface area (Å²) in [4.78, 5) is 5.03. The summed E-state index contributed by atoms with van der Waals surface area (Å²) in [7, 11) is 0. The molecule has 2 rings (SSSR count). The molecule has 1 saturated heterocycles. The minimum absolute atomic E-state index is 0.0304. The van der Waals surface area contributed by atoms with Gasteiger partial charge in [0.2, 0.25) is 0 Å². The Morgan fingerprint density at radius 3 is 1.67 bits per heavy atom. The van der Waals surface area contributed by atoms with Crippen LogP contribution in [0.3, 0.4) is 0 Å². The lowest BCUT2D eigenvalue weighted by Crippen LogP contribution is -2.48. The van der Waals surface area contributed by atoms with Crippen LogP contribution in [0.25, 0.3) is 0 Å². The van der Waals surface area contributed by atoms with Gasteiger partial charge in [-0.2, -0.15) is 0 Å². The van der Waals surface area contributed by atoms with Crippen molar-refractivity contribution in [2.45, 2.75) is 78.6 Å². The summed E-state index contributed by atoms with van der Waals surface area (Å²) < 4.78 is 17.8. The van der Waals surface area contributed by atoms with E-state index in [9.17, 15) is 0 Å². The highest BCUT2D eigenvalue weighted by Crippen LogP contribution is 2.27. The Morgan fingerprint density at radius 1 is 0.704 bits per heavy atom. The van der Waals surface area contributed by atoms with Crippen LogP contribution >= 0.6 is 0 Å². The number of piperazine rings is 1. The molecule has 0 N–H and O–H groups in total. The zero-order valence-corrected chi connectivity index (χ0v) is 18.8. The second-order valence-corrected chi connectivity index (χ2v) is 10.4. The Morgan fingerprint density at radius 2 is 1.19 bits per heavy atom. The summed E-state index contributed by atoms with van der Waals surface area (Å²) in [6.07, 6.45) is 4.12. The Labute approximate surface area is 167 Å². The van der Waals surface area contributed by atoms with Gasteiger partial charge in [-0.3, -0.25) is 9.80 Å². The second-order valence-electron chi connectivity index (χ2n) is 10.4. The fourth-order valence-electron chi connectivity index (χ4n) is 3.39. The maximum absolute atomic E-state index is 6.03. The smallest absolute Gasteiger partial charge is 0.0625 e. The topological polar surface area (TPSA) is 34.2 Å². The Bertz CT molecular complexity index is 403. The summed E-state index contributed by atoms with van der Waals surface area (Å²) in [5, 5.41) is 0. The average molecular weight is 385 g/mol. The van der Waals surface area contributed by atoms with Crippen molar-refractivity contribution in [3.63, 3.8) is 0 Å². The molecule has 5 nitrogen and oxygen atoms in total. The molecule has 160 valence electrons. The summed E-state index contributed by atoms with van der Waals surface area (Å²) in [6.45, 7) is 22.4. The van der Waals surface area contributed by atoms with Crippen molar-refractivity contribution in [3.8, 4) is 0 Å². The molecule has 0 atom stereocenters. The van der Waals surface area contributed by atoms with E-state index < -0.39 is 0 Å². The van der Waals surface area contributed by atoms with Gasteiger partial charge in [-0.1, -0.05) is 20.8 Å². The first-order valence-electron chi connectivity index (χ1n) is 10.9. The maximum Gasteiger partial charge on any atom is 0.0625 e. The normalized spacial score (nSPS) is 25.6. The summed E-state index contributed by atoms with van der Waals surface area (Å²) in [5.74, 6) is 0. The molecule has 0 spiro atoms. The second kappa shape index (κ2) is 10.5. The van der Waals surface area contributed by atoms with Crippen molar-refractivity contribution in [2.24, 2.45) is 5.41 Å². The van der Waals surface area contributed by atoms with E-state index in [-0.39, 0.29) is 5.60 Å². The van der Waals surface area contributed by atoms with E-state index in [1.54, 1.807) is 0 Å². The molecule has 5 heteroatoms. The molecule has 0 radical (unpaired) electrons. The monoisotopic (exact) mass is 384 g/mol.